The summed E-state index contributed by atoms with van der Waals surface area (Å²) in [5, 5.41) is 0. The molecule has 2 unspecified atom stereocenters. The molecule has 108 valence electrons. The highest BCUT2D eigenvalue weighted by Crippen LogP contribution is 2.34. The molecule has 19 heavy (non-hydrogen) atoms. The van der Waals surface area contributed by atoms with Crippen molar-refractivity contribution in [1.82, 2.24) is 10.3 Å². The Morgan fingerprint density at radius 3 is 2.21 bits per heavy atom. The summed E-state index contributed by atoms with van der Waals surface area (Å²) in [6, 6.07) is 8.63. The second kappa shape index (κ2) is 7.04. The lowest BCUT2D eigenvalue weighted by molar-refractivity contribution is 0.0696. The number of benzene rings is 1. The van der Waals surface area contributed by atoms with Crippen LogP contribution in [0.1, 0.15) is 51.3 Å². The lowest BCUT2D eigenvalue weighted by Crippen LogP contribution is -2.55. The van der Waals surface area contributed by atoms with Gasteiger partial charge in [0.25, 0.3) is 0 Å². The SMILES string of the molecule is CCN(CC)C(C)(CC)C(NN)c1ccccc1C. The monoisotopic (exact) mass is 263 g/mol. The molecule has 0 spiro atoms. The summed E-state index contributed by atoms with van der Waals surface area (Å²) in [5.74, 6) is 5.91. The Kier molecular flexibility index (Phi) is 5.98. The van der Waals surface area contributed by atoms with E-state index >= 15 is 0 Å². The first-order valence-electron chi connectivity index (χ1n) is 7.31. The Morgan fingerprint density at radius 1 is 1.21 bits per heavy atom. The van der Waals surface area contributed by atoms with E-state index in [0.29, 0.717) is 0 Å². The molecule has 3 heteroatoms. The second-order valence-electron chi connectivity index (χ2n) is 5.34. The summed E-state index contributed by atoms with van der Waals surface area (Å²) < 4.78 is 0. The molecular weight excluding hydrogens is 234 g/mol. The fraction of sp³-hybridized carbons (Fsp3) is 0.625. The van der Waals surface area contributed by atoms with Crippen LogP contribution in [0.5, 0.6) is 0 Å². The van der Waals surface area contributed by atoms with Gasteiger partial charge in [0.15, 0.2) is 0 Å². The van der Waals surface area contributed by atoms with Gasteiger partial charge in [0.05, 0.1) is 6.04 Å². The molecule has 0 aromatic heterocycles. The Balaban J connectivity index is 3.22. The standard InChI is InChI=1S/C16H29N3/c1-6-16(5,19(7-2)8-3)15(18-17)14-12-10-9-11-13(14)4/h9-12,15,18H,6-8,17H2,1-5H3. The van der Waals surface area contributed by atoms with Crippen LogP contribution in [0.3, 0.4) is 0 Å². The van der Waals surface area contributed by atoms with Gasteiger partial charge in [-0.1, -0.05) is 45.0 Å². The van der Waals surface area contributed by atoms with E-state index in [1.165, 1.54) is 11.1 Å². The molecule has 0 aliphatic heterocycles. The van der Waals surface area contributed by atoms with Crippen LogP contribution in [0.2, 0.25) is 0 Å². The van der Waals surface area contributed by atoms with E-state index < -0.39 is 0 Å². The van der Waals surface area contributed by atoms with Crippen LogP contribution >= 0.6 is 0 Å². The maximum atomic E-state index is 5.91. The van der Waals surface area contributed by atoms with Gasteiger partial charge in [0.2, 0.25) is 0 Å². The van der Waals surface area contributed by atoms with Gasteiger partial charge in [-0.15, -0.1) is 0 Å². The zero-order chi connectivity index (χ0) is 14.5. The molecule has 1 aromatic rings. The second-order valence-corrected chi connectivity index (χ2v) is 5.34. The maximum absolute atomic E-state index is 5.91. The number of hydrogen-bond acceptors (Lipinski definition) is 3. The average Bonchev–Trinajstić information content (AvgIpc) is 2.43. The van der Waals surface area contributed by atoms with Gasteiger partial charge in [-0.2, -0.15) is 0 Å². The van der Waals surface area contributed by atoms with Crippen molar-refractivity contribution < 1.29 is 0 Å². The molecule has 3 nitrogen and oxygen atoms in total. The molecule has 0 fully saturated rings. The Labute approximate surface area is 118 Å². The third-order valence-electron chi connectivity index (χ3n) is 4.49. The van der Waals surface area contributed by atoms with Crippen LogP contribution in [0.4, 0.5) is 0 Å². The molecule has 3 N–H and O–H groups in total. The molecule has 0 aliphatic carbocycles. The van der Waals surface area contributed by atoms with Gasteiger partial charge < -0.3 is 0 Å². The molecule has 0 bridgehead atoms. The fourth-order valence-corrected chi connectivity index (χ4v) is 3.07. The Morgan fingerprint density at radius 2 is 1.79 bits per heavy atom. The van der Waals surface area contributed by atoms with Crippen molar-refractivity contribution in [2.45, 2.75) is 52.6 Å². The van der Waals surface area contributed by atoms with Crippen molar-refractivity contribution in [2.24, 2.45) is 5.84 Å². The molecule has 0 amide bonds. The van der Waals surface area contributed by atoms with Gasteiger partial charge in [-0.3, -0.25) is 16.2 Å². The van der Waals surface area contributed by atoms with Crippen LogP contribution in [0.25, 0.3) is 0 Å². The number of nitrogens with one attached hydrogen (secondary N) is 1. The van der Waals surface area contributed by atoms with Crippen molar-refractivity contribution in [3.8, 4) is 0 Å². The smallest absolute Gasteiger partial charge is 0.0643 e. The van der Waals surface area contributed by atoms with Gasteiger partial charge >= 0.3 is 0 Å². The quantitative estimate of drug-likeness (QED) is 0.587. The normalized spacial score (nSPS) is 16.4. The number of nitrogens with zero attached hydrogens (tertiary/aromatic N) is 1. The van der Waals surface area contributed by atoms with E-state index in [1.54, 1.807) is 0 Å². The molecular formula is C16H29N3. The zero-order valence-electron chi connectivity index (χ0n) is 13.0. The van der Waals surface area contributed by atoms with E-state index in [-0.39, 0.29) is 11.6 Å². The highest BCUT2D eigenvalue weighted by Gasteiger charge is 2.37. The average molecular weight is 263 g/mol. The number of likely N-dealkylation sites (N-methyl/N-ethyl adjacent to an activating group) is 1. The Bertz CT molecular complexity index is 387. The first-order chi connectivity index (χ1) is 9.04. The zero-order valence-corrected chi connectivity index (χ0v) is 13.0. The summed E-state index contributed by atoms with van der Waals surface area (Å²) in [4.78, 5) is 2.49. The van der Waals surface area contributed by atoms with E-state index in [1.807, 2.05) is 0 Å². The molecule has 0 aliphatic rings. The van der Waals surface area contributed by atoms with Crippen molar-refractivity contribution >= 4 is 0 Å². The van der Waals surface area contributed by atoms with Gasteiger partial charge in [0, 0.05) is 5.54 Å². The van der Waals surface area contributed by atoms with Crippen molar-refractivity contribution in [2.75, 3.05) is 13.1 Å². The molecule has 1 aromatic carbocycles. The molecule has 0 saturated heterocycles. The van der Waals surface area contributed by atoms with E-state index in [9.17, 15) is 0 Å². The molecule has 1 rings (SSSR count). The van der Waals surface area contributed by atoms with Gasteiger partial charge in [0.1, 0.15) is 0 Å². The summed E-state index contributed by atoms with van der Waals surface area (Å²) in [6.07, 6.45) is 1.05. The van der Waals surface area contributed by atoms with E-state index in [2.05, 4.69) is 69.2 Å². The number of hydrazine groups is 1. The summed E-state index contributed by atoms with van der Waals surface area (Å²) >= 11 is 0. The number of hydrogen-bond donors (Lipinski definition) is 2. The summed E-state index contributed by atoms with van der Waals surface area (Å²) in [6.45, 7) is 13.2. The van der Waals surface area contributed by atoms with E-state index in [4.69, 9.17) is 5.84 Å². The van der Waals surface area contributed by atoms with Crippen LogP contribution < -0.4 is 11.3 Å². The van der Waals surface area contributed by atoms with Crippen molar-refractivity contribution in [1.29, 1.82) is 0 Å². The molecule has 0 saturated carbocycles. The van der Waals surface area contributed by atoms with Crippen molar-refractivity contribution in [3.63, 3.8) is 0 Å². The maximum Gasteiger partial charge on any atom is 0.0643 e. The molecule has 0 heterocycles. The van der Waals surface area contributed by atoms with Crippen molar-refractivity contribution in [3.05, 3.63) is 35.4 Å². The molecule has 2 atom stereocenters. The minimum Gasteiger partial charge on any atom is -0.297 e. The first-order valence-corrected chi connectivity index (χ1v) is 7.31. The predicted molar refractivity (Wildman–Crippen MR) is 82.9 cm³/mol. The topological polar surface area (TPSA) is 41.3 Å². The highest BCUT2D eigenvalue weighted by atomic mass is 15.3. The summed E-state index contributed by atoms with van der Waals surface area (Å²) in [7, 11) is 0. The van der Waals surface area contributed by atoms with Crippen LogP contribution in [0.15, 0.2) is 24.3 Å². The third-order valence-corrected chi connectivity index (χ3v) is 4.49. The lowest BCUT2D eigenvalue weighted by atomic mass is 9.81. The summed E-state index contributed by atoms with van der Waals surface area (Å²) in [5.41, 5.74) is 5.66. The highest BCUT2D eigenvalue weighted by molar-refractivity contribution is 5.31. The van der Waals surface area contributed by atoms with Crippen LogP contribution in [-0.4, -0.2) is 23.5 Å². The van der Waals surface area contributed by atoms with Crippen LogP contribution in [-0.2, 0) is 0 Å². The predicted octanol–water partition coefficient (Wildman–Crippen LogP) is 3.01. The van der Waals surface area contributed by atoms with E-state index in [0.717, 1.165) is 19.5 Å². The minimum atomic E-state index is 0.0182. The van der Waals surface area contributed by atoms with Gasteiger partial charge in [-0.05, 0) is 44.5 Å². The Hall–Kier alpha value is -0.900. The minimum absolute atomic E-state index is 0.0182. The fourth-order valence-electron chi connectivity index (χ4n) is 3.07. The number of rotatable bonds is 7. The first kappa shape index (κ1) is 16.2. The van der Waals surface area contributed by atoms with Gasteiger partial charge in [-0.25, -0.2) is 0 Å². The third kappa shape index (κ3) is 3.16. The number of aryl methyl sites for hydroxylation is 1. The molecule has 0 radical (unpaired) electrons. The van der Waals surface area contributed by atoms with Crippen LogP contribution in [0, 0.1) is 6.92 Å². The lowest BCUT2D eigenvalue weighted by Gasteiger charge is -2.46. The number of nitrogens with two attached hydrogens (primary N) is 1. The largest absolute Gasteiger partial charge is 0.297 e.